The van der Waals surface area contributed by atoms with E-state index in [1.54, 1.807) is 49.6 Å². The van der Waals surface area contributed by atoms with E-state index >= 15 is 0 Å². The largest absolute Gasteiger partial charge is 0.493 e. The highest BCUT2D eigenvalue weighted by atomic mass is 16.5. The zero-order valence-corrected chi connectivity index (χ0v) is 18.2. The van der Waals surface area contributed by atoms with Gasteiger partial charge in [-0.05, 0) is 36.8 Å². The fourth-order valence-electron chi connectivity index (χ4n) is 3.16. The number of amides is 1. The molecular formula is C23H25N3O6. The Morgan fingerprint density at radius 3 is 2.41 bits per heavy atom. The van der Waals surface area contributed by atoms with Gasteiger partial charge in [0.2, 0.25) is 5.91 Å². The number of nitrogens with one attached hydrogen (secondary N) is 1. The molecule has 0 bridgehead atoms. The fourth-order valence-corrected chi connectivity index (χ4v) is 3.16. The van der Waals surface area contributed by atoms with Crippen molar-refractivity contribution in [2.45, 2.75) is 20.0 Å². The van der Waals surface area contributed by atoms with Crippen molar-refractivity contribution in [1.82, 2.24) is 14.5 Å². The molecule has 3 aromatic rings. The number of carbonyl (C=O) groups is 1. The quantitative estimate of drug-likeness (QED) is 0.510. The third-order valence-corrected chi connectivity index (χ3v) is 4.73. The van der Waals surface area contributed by atoms with E-state index in [0.717, 1.165) is 10.1 Å². The van der Waals surface area contributed by atoms with Gasteiger partial charge in [0.1, 0.15) is 12.3 Å². The van der Waals surface area contributed by atoms with Crippen LogP contribution in [-0.4, -0.2) is 35.9 Å². The Bertz CT molecular complexity index is 1210. The highest BCUT2D eigenvalue weighted by Crippen LogP contribution is 2.27. The summed E-state index contributed by atoms with van der Waals surface area (Å²) in [6, 6.07) is 12.2. The molecule has 0 aliphatic carbocycles. The molecular weight excluding hydrogens is 414 g/mol. The van der Waals surface area contributed by atoms with Crippen molar-refractivity contribution in [2.24, 2.45) is 0 Å². The third kappa shape index (κ3) is 5.00. The van der Waals surface area contributed by atoms with Crippen molar-refractivity contribution < 1.29 is 19.0 Å². The van der Waals surface area contributed by atoms with Crippen LogP contribution in [0, 0.1) is 0 Å². The minimum Gasteiger partial charge on any atom is -0.493 e. The summed E-state index contributed by atoms with van der Waals surface area (Å²) in [6.07, 6.45) is 2.85. The molecule has 0 radical (unpaired) electrons. The van der Waals surface area contributed by atoms with Crippen LogP contribution in [-0.2, 0) is 17.9 Å². The number of nitrogens with zero attached hydrogens (tertiary/aromatic N) is 2. The maximum atomic E-state index is 12.7. The summed E-state index contributed by atoms with van der Waals surface area (Å²) in [7, 11) is 3.07. The molecule has 1 aromatic heterocycles. The number of carbonyl (C=O) groups excluding carboxylic acids is 1. The number of benzene rings is 2. The van der Waals surface area contributed by atoms with Crippen molar-refractivity contribution in [3.05, 3.63) is 81.1 Å². The van der Waals surface area contributed by atoms with Crippen LogP contribution in [0.4, 0.5) is 0 Å². The molecule has 0 fully saturated rings. The van der Waals surface area contributed by atoms with Crippen molar-refractivity contribution in [1.29, 1.82) is 0 Å². The summed E-state index contributed by atoms with van der Waals surface area (Å²) in [5.74, 6) is 1.21. The molecule has 3 rings (SSSR count). The molecule has 0 spiro atoms. The van der Waals surface area contributed by atoms with E-state index in [4.69, 9.17) is 14.2 Å². The maximum absolute atomic E-state index is 12.7. The van der Waals surface area contributed by atoms with E-state index in [2.05, 4.69) is 5.32 Å². The molecule has 9 heteroatoms. The highest BCUT2D eigenvalue weighted by Gasteiger charge is 2.13. The molecule has 2 aromatic carbocycles. The molecule has 1 N–H and O–H groups in total. The number of aromatic nitrogens is 2. The first-order valence-corrected chi connectivity index (χ1v) is 10.00. The third-order valence-electron chi connectivity index (χ3n) is 4.73. The van der Waals surface area contributed by atoms with Crippen LogP contribution in [0.5, 0.6) is 17.2 Å². The zero-order chi connectivity index (χ0) is 23.1. The van der Waals surface area contributed by atoms with E-state index in [0.29, 0.717) is 29.5 Å². The zero-order valence-electron chi connectivity index (χ0n) is 18.2. The summed E-state index contributed by atoms with van der Waals surface area (Å²) in [5, 5.41) is 2.73. The van der Waals surface area contributed by atoms with Gasteiger partial charge in [-0.15, -0.1) is 0 Å². The van der Waals surface area contributed by atoms with E-state index in [9.17, 15) is 14.4 Å². The lowest BCUT2D eigenvalue weighted by molar-refractivity contribution is -0.121. The second-order valence-electron chi connectivity index (χ2n) is 6.77. The van der Waals surface area contributed by atoms with Crippen LogP contribution >= 0.6 is 0 Å². The first-order valence-electron chi connectivity index (χ1n) is 10.00. The molecule has 0 aliphatic rings. The van der Waals surface area contributed by atoms with E-state index in [1.165, 1.54) is 24.1 Å². The first-order chi connectivity index (χ1) is 15.5. The average molecular weight is 439 g/mol. The Morgan fingerprint density at radius 2 is 1.69 bits per heavy atom. The van der Waals surface area contributed by atoms with Crippen LogP contribution in [0.2, 0.25) is 0 Å². The molecule has 1 heterocycles. The minimum absolute atomic E-state index is 0.229. The Labute approximate surface area is 184 Å². The van der Waals surface area contributed by atoms with Gasteiger partial charge in [-0.1, -0.05) is 18.2 Å². The van der Waals surface area contributed by atoms with Gasteiger partial charge in [-0.25, -0.2) is 0 Å². The molecule has 1 amide bonds. The second-order valence-corrected chi connectivity index (χ2v) is 6.77. The van der Waals surface area contributed by atoms with Crippen molar-refractivity contribution in [3.63, 3.8) is 0 Å². The molecule has 0 saturated heterocycles. The lowest BCUT2D eigenvalue weighted by Crippen LogP contribution is -2.42. The topological polar surface area (TPSA) is 101 Å². The monoisotopic (exact) mass is 439 g/mol. The summed E-state index contributed by atoms with van der Waals surface area (Å²) >= 11 is 0. The molecule has 0 aliphatic heterocycles. The normalized spacial score (nSPS) is 10.5. The number of ether oxygens (including phenoxy) is 3. The van der Waals surface area contributed by atoms with Gasteiger partial charge in [-0.3, -0.25) is 23.5 Å². The van der Waals surface area contributed by atoms with Crippen LogP contribution in [0.15, 0.2) is 64.4 Å². The van der Waals surface area contributed by atoms with Crippen LogP contribution in [0.25, 0.3) is 5.69 Å². The van der Waals surface area contributed by atoms with Gasteiger partial charge in [0.25, 0.3) is 0 Å². The van der Waals surface area contributed by atoms with Crippen LogP contribution < -0.4 is 30.6 Å². The summed E-state index contributed by atoms with van der Waals surface area (Å²) in [5.41, 5.74) is -0.319. The molecule has 168 valence electrons. The Morgan fingerprint density at radius 1 is 0.938 bits per heavy atom. The van der Waals surface area contributed by atoms with Gasteiger partial charge >= 0.3 is 11.1 Å². The van der Waals surface area contributed by atoms with E-state index in [-0.39, 0.29) is 13.1 Å². The summed E-state index contributed by atoms with van der Waals surface area (Å²) in [6.45, 7) is 2.20. The summed E-state index contributed by atoms with van der Waals surface area (Å²) in [4.78, 5) is 37.6. The molecule has 0 saturated carbocycles. The maximum Gasteiger partial charge on any atom is 0.321 e. The number of hydrogen-bond donors (Lipinski definition) is 1. The number of hydrogen-bond acceptors (Lipinski definition) is 6. The second kappa shape index (κ2) is 10.3. The smallest absolute Gasteiger partial charge is 0.321 e. The standard InChI is InChI=1S/C23H25N3O6/c1-4-32-18-8-6-5-7-17(18)26-12-11-25(22(28)23(26)29)15-21(27)24-14-16-9-10-19(30-2)20(13-16)31-3/h5-13H,4,14-15H2,1-3H3,(H,24,27). The van der Waals surface area contributed by atoms with Crippen molar-refractivity contribution in [2.75, 3.05) is 20.8 Å². The summed E-state index contributed by atoms with van der Waals surface area (Å²) < 4.78 is 18.3. The number of rotatable bonds is 9. The molecule has 9 nitrogen and oxygen atoms in total. The predicted octanol–water partition coefficient (Wildman–Crippen LogP) is 1.73. The molecule has 0 atom stereocenters. The van der Waals surface area contributed by atoms with Gasteiger partial charge in [0.05, 0.1) is 26.5 Å². The minimum atomic E-state index is -0.805. The molecule has 0 unspecified atom stereocenters. The van der Waals surface area contributed by atoms with Gasteiger partial charge in [-0.2, -0.15) is 0 Å². The Hall–Kier alpha value is -4.01. The van der Waals surface area contributed by atoms with E-state index < -0.39 is 17.0 Å². The molecule has 32 heavy (non-hydrogen) atoms. The SMILES string of the molecule is CCOc1ccccc1-n1ccn(CC(=O)NCc2ccc(OC)c(OC)c2)c(=O)c1=O. The van der Waals surface area contributed by atoms with E-state index in [1.807, 2.05) is 6.92 Å². The van der Waals surface area contributed by atoms with Gasteiger partial charge in [0, 0.05) is 18.9 Å². The van der Waals surface area contributed by atoms with Crippen LogP contribution in [0.3, 0.4) is 0 Å². The highest BCUT2D eigenvalue weighted by molar-refractivity contribution is 5.75. The van der Waals surface area contributed by atoms with Crippen molar-refractivity contribution >= 4 is 5.91 Å². The number of methoxy groups -OCH3 is 2. The lowest BCUT2D eigenvalue weighted by Gasteiger charge is -2.13. The van der Waals surface area contributed by atoms with Gasteiger partial charge < -0.3 is 19.5 Å². The van der Waals surface area contributed by atoms with Crippen molar-refractivity contribution in [3.8, 4) is 22.9 Å². The Balaban J connectivity index is 1.73. The van der Waals surface area contributed by atoms with Crippen LogP contribution in [0.1, 0.15) is 12.5 Å². The Kier molecular flexibility index (Phi) is 7.33. The number of para-hydroxylation sites is 2. The van der Waals surface area contributed by atoms with Gasteiger partial charge in [0.15, 0.2) is 11.5 Å². The first kappa shape index (κ1) is 22.7. The average Bonchev–Trinajstić information content (AvgIpc) is 2.81. The predicted molar refractivity (Wildman–Crippen MR) is 119 cm³/mol. The lowest BCUT2D eigenvalue weighted by atomic mass is 10.2. The fraction of sp³-hybridized carbons (Fsp3) is 0.261.